The van der Waals surface area contributed by atoms with E-state index in [0.717, 1.165) is 12.1 Å². The average Bonchev–Trinajstić information content (AvgIpc) is 2.50. The highest BCUT2D eigenvalue weighted by Crippen LogP contribution is 2.33. The number of hydrogen-bond acceptors (Lipinski definition) is 4. The lowest BCUT2D eigenvalue weighted by molar-refractivity contribution is -0.112. The summed E-state index contributed by atoms with van der Waals surface area (Å²) >= 11 is 5.88. The Bertz CT molecular complexity index is 728. The van der Waals surface area contributed by atoms with Crippen LogP contribution < -0.4 is 15.4 Å². The van der Waals surface area contributed by atoms with Crippen molar-refractivity contribution >= 4 is 34.9 Å². The molecule has 0 aliphatic heterocycles. The number of benzene rings is 1. The van der Waals surface area contributed by atoms with Gasteiger partial charge < -0.3 is 10.5 Å². The summed E-state index contributed by atoms with van der Waals surface area (Å²) in [6.07, 6.45) is 4.53. The summed E-state index contributed by atoms with van der Waals surface area (Å²) in [5, 5.41) is 7.64. The Balaban J connectivity index is 3.42. The lowest BCUT2D eigenvalue weighted by Crippen LogP contribution is -2.46. The lowest BCUT2D eigenvalue weighted by Gasteiger charge is -2.22. The molecule has 0 saturated heterocycles. The second-order valence-corrected chi connectivity index (χ2v) is 5.62. The zero-order valence-corrected chi connectivity index (χ0v) is 14.1. The van der Waals surface area contributed by atoms with E-state index in [1.807, 2.05) is 0 Å². The van der Waals surface area contributed by atoms with Gasteiger partial charge in [0.2, 0.25) is 0 Å². The number of rotatable bonds is 5. The van der Waals surface area contributed by atoms with Crippen LogP contribution in [-0.4, -0.2) is 23.8 Å². The van der Waals surface area contributed by atoms with Crippen LogP contribution in [0.3, 0.4) is 0 Å². The summed E-state index contributed by atoms with van der Waals surface area (Å²) in [6, 6.07) is 0.682. The minimum atomic E-state index is -1.23. The number of primary amides is 1. The molecule has 6 nitrogen and oxygen atoms in total. The number of carbonyl (C=O) groups is 2. The van der Waals surface area contributed by atoms with Gasteiger partial charge in [-0.25, -0.2) is 14.1 Å². The van der Waals surface area contributed by atoms with Gasteiger partial charge in [0.25, 0.3) is 5.91 Å². The Morgan fingerprint density at radius 3 is 2.46 bits per heavy atom. The number of halogens is 2. The Morgan fingerprint density at radius 1 is 1.42 bits per heavy atom. The zero-order chi connectivity index (χ0) is 18.6. The molecule has 0 fully saturated rings. The van der Waals surface area contributed by atoms with Gasteiger partial charge in [-0.05, 0) is 13.0 Å². The third kappa shape index (κ3) is 4.24. The molecule has 24 heavy (non-hydrogen) atoms. The highest BCUT2D eigenvalue weighted by atomic mass is 35.5. The van der Waals surface area contributed by atoms with E-state index in [4.69, 9.17) is 33.9 Å². The number of nitrogens with zero attached hydrogens (tertiary/aromatic N) is 1. The van der Waals surface area contributed by atoms with Crippen molar-refractivity contribution in [2.45, 2.75) is 26.9 Å². The second-order valence-electron chi connectivity index (χ2n) is 5.21. The maximum Gasteiger partial charge on any atom is 0.326 e. The topological polar surface area (TPSA) is 96.5 Å². The lowest BCUT2D eigenvalue weighted by atomic mass is 10.1. The number of ether oxygens (including phenoxy) is 1. The second kappa shape index (κ2) is 7.79. The van der Waals surface area contributed by atoms with E-state index >= 15 is 0 Å². The fourth-order valence-electron chi connectivity index (χ4n) is 1.70. The molecule has 3 N–H and O–H groups in total. The van der Waals surface area contributed by atoms with Crippen LogP contribution in [0.5, 0.6) is 5.75 Å². The van der Waals surface area contributed by atoms with E-state index in [1.54, 1.807) is 20.8 Å². The van der Waals surface area contributed by atoms with E-state index in [0.29, 0.717) is 4.90 Å². The predicted octanol–water partition coefficient (Wildman–Crippen LogP) is 2.97. The number of terminal acetylenes is 1. The average molecular weight is 354 g/mol. The summed E-state index contributed by atoms with van der Waals surface area (Å²) < 4.78 is 19.6. The van der Waals surface area contributed by atoms with Crippen LogP contribution >= 0.6 is 11.6 Å². The Kier molecular flexibility index (Phi) is 6.32. The number of imide groups is 1. The molecule has 128 valence electrons. The highest BCUT2D eigenvalue weighted by Gasteiger charge is 2.29. The molecule has 0 aliphatic carbocycles. The fourth-order valence-corrected chi connectivity index (χ4v) is 1.90. The van der Waals surface area contributed by atoms with Crippen LogP contribution in [0.15, 0.2) is 12.1 Å². The van der Waals surface area contributed by atoms with Crippen molar-refractivity contribution in [3.05, 3.63) is 23.0 Å². The van der Waals surface area contributed by atoms with Gasteiger partial charge in [-0.1, -0.05) is 31.4 Å². The maximum absolute atomic E-state index is 14.2. The van der Waals surface area contributed by atoms with Crippen LogP contribution in [0, 0.1) is 29.5 Å². The minimum Gasteiger partial charge on any atom is -0.476 e. The normalized spacial score (nSPS) is 11.5. The predicted molar refractivity (Wildman–Crippen MR) is 90.0 cm³/mol. The van der Waals surface area contributed by atoms with Crippen LogP contribution in [-0.2, 0) is 4.79 Å². The number of urea groups is 1. The van der Waals surface area contributed by atoms with Gasteiger partial charge in [0.05, 0.1) is 16.4 Å². The molecule has 0 aromatic heterocycles. The molecule has 1 aromatic carbocycles. The molecule has 0 heterocycles. The van der Waals surface area contributed by atoms with Crippen LogP contribution in [0.1, 0.15) is 20.8 Å². The third-order valence-electron chi connectivity index (χ3n) is 3.01. The van der Waals surface area contributed by atoms with Crippen molar-refractivity contribution in [2.24, 2.45) is 11.7 Å². The van der Waals surface area contributed by atoms with Gasteiger partial charge in [-0.2, -0.15) is 0 Å². The molecule has 0 radical (unpaired) electrons. The Labute approximate surface area is 144 Å². The molecule has 1 rings (SSSR count). The largest absolute Gasteiger partial charge is 0.476 e. The van der Waals surface area contributed by atoms with Crippen molar-refractivity contribution in [3.63, 3.8) is 0 Å². The van der Waals surface area contributed by atoms with Crippen LogP contribution in [0.25, 0.3) is 0 Å². The molecule has 0 spiro atoms. The van der Waals surface area contributed by atoms with Gasteiger partial charge >= 0.3 is 6.03 Å². The first-order chi connectivity index (χ1) is 11.1. The molecule has 1 aromatic rings. The molecule has 8 heteroatoms. The van der Waals surface area contributed by atoms with Gasteiger partial charge in [0, 0.05) is 12.0 Å². The summed E-state index contributed by atoms with van der Waals surface area (Å²) in [6.45, 7) is 4.73. The number of nitrogens with two attached hydrogens (primary N) is 1. The molecule has 0 saturated carbocycles. The first-order valence-electron chi connectivity index (χ1n) is 6.94. The van der Waals surface area contributed by atoms with Crippen LogP contribution in [0.2, 0.25) is 5.02 Å². The van der Waals surface area contributed by atoms with Gasteiger partial charge in [0.15, 0.2) is 6.10 Å². The summed E-state index contributed by atoms with van der Waals surface area (Å²) in [4.78, 5) is 24.3. The minimum absolute atomic E-state index is 0.0198. The standard InChI is InChI=1S/C16H17ClFN3O3/c1-5-9(4)24-13-7-12(11(18)6-10(13)17)21(16(20)23)15(22)14(19)8(2)3/h1,6-9,19H,2-4H3,(H2,20,23). The zero-order valence-electron chi connectivity index (χ0n) is 13.4. The van der Waals surface area contributed by atoms with Crippen molar-refractivity contribution in [2.75, 3.05) is 4.90 Å². The van der Waals surface area contributed by atoms with E-state index in [-0.39, 0.29) is 10.8 Å². The number of amides is 3. The smallest absolute Gasteiger partial charge is 0.326 e. The first kappa shape index (κ1) is 19.5. The number of nitrogens with one attached hydrogen (secondary N) is 1. The SMILES string of the molecule is C#CC(C)Oc1cc(N(C(N)=O)C(=O)C(=N)C(C)C)c(F)cc1Cl. The van der Waals surface area contributed by atoms with Crippen molar-refractivity contribution in [3.8, 4) is 18.1 Å². The number of anilines is 1. The Hall–Kier alpha value is -2.59. The molecule has 0 bridgehead atoms. The van der Waals surface area contributed by atoms with Gasteiger partial charge in [-0.3, -0.25) is 10.2 Å². The summed E-state index contributed by atoms with van der Waals surface area (Å²) in [7, 11) is 0. The molecular formula is C16H17ClFN3O3. The van der Waals surface area contributed by atoms with E-state index in [9.17, 15) is 14.0 Å². The van der Waals surface area contributed by atoms with Gasteiger partial charge in [-0.15, -0.1) is 6.42 Å². The van der Waals surface area contributed by atoms with Crippen molar-refractivity contribution in [1.29, 1.82) is 5.41 Å². The van der Waals surface area contributed by atoms with E-state index < -0.39 is 41.2 Å². The Morgan fingerprint density at radius 2 is 2.00 bits per heavy atom. The molecular weight excluding hydrogens is 337 g/mol. The molecule has 0 aliphatic rings. The monoisotopic (exact) mass is 353 g/mol. The molecule has 1 unspecified atom stereocenters. The fraction of sp³-hybridized carbons (Fsp3) is 0.312. The van der Waals surface area contributed by atoms with Gasteiger partial charge in [0.1, 0.15) is 11.6 Å². The van der Waals surface area contributed by atoms with Crippen LogP contribution in [0.4, 0.5) is 14.9 Å². The van der Waals surface area contributed by atoms with E-state index in [2.05, 4.69) is 5.92 Å². The summed E-state index contributed by atoms with van der Waals surface area (Å²) in [5.41, 5.74) is 4.32. The van der Waals surface area contributed by atoms with E-state index in [1.165, 1.54) is 0 Å². The number of carbonyl (C=O) groups excluding carboxylic acids is 2. The molecule has 3 amide bonds. The maximum atomic E-state index is 14.2. The van der Waals surface area contributed by atoms with Crippen molar-refractivity contribution in [1.82, 2.24) is 0 Å². The highest BCUT2D eigenvalue weighted by molar-refractivity contribution is 6.47. The third-order valence-corrected chi connectivity index (χ3v) is 3.31. The molecule has 1 atom stereocenters. The number of hydrogen-bond donors (Lipinski definition) is 2. The quantitative estimate of drug-likeness (QED) is 0.629. The van der Waals surface area contributed by atoms with Crippen molar-refractivity contribution < 1.29 is 18.7 Å². The first-order valence-corrected chi connectivity index (χ1v) is 7.32. The summed E-state index contributed by atoms with van der Waals surface area (Å²) in [5.74, 6) is -0.199.